The molecule has 170 valence electrons. The fraction of sp³-hybridized carbons (Fsp3) is 0.148. The first-order chi connectivity index (χ1) is 16.5. The van der Waals surface area contributed by atoms with Crippen LogP contribution >= 0.6 is 22.6 Å². The van der Waals surface area contributed by atoms with Crippen LogP contribution in [0.5, 0.6) is 11.5 Å². The molecule has 0 fully saturated rings. The normalized spacial score (nSPS) is 12.0. The number of aromatic hydroxyl groups is 2. The molecule has 0 saturated heterocycles. The Kier molecular flexibility index (Phi) is 6.19. The number of fused-ring (bicyclic) bond motifs is 3. The van der Waals surface area contributed by atoms with Crippen LogP contribution < -0.4 is 5.32 Å². The summed E-state index contributed by atoms with van der Waals surface area (Å²) in [6.07, 6.45) is 1.83. The zero-order chi connectivity index (χ0) is 23.7. The minimum Gasteiger partial charge on any atom is -0.504 e. The van der Waals surface area contributed by atoms with Gasteiger partial charge in [0.15, 0.2) is 17.3 Å². The number of benzene rings is 3. The van der Waals surface area contributed by atoms with Crippen molar-refractivity contribution in [3.63, 3.8) is 0 Å². The molecule has 1 aromatic heterocycles. The second-order valence-electron chi connectivity index (χ2n) is 8.29. The Bertz CT molecular complexity index is 1370. The van der Waals surface area contributed by atoms with E-state index in [1.165, 1.54) is 6.07 Å². The highest BCUT2D eigenvalue weighted by Crippen LogP contribution is 2.41. The van der Waals surface area contributed by atoms with Gasteiger partial charge in [0.1, 0.15) is 0 Å². The molecule has 0 unspecified atom stereocenters. The number of halogens is 1. The Morgan fingerprint density at radius 2 is 1.68 bits per heavy atom. The molecule has 3 N–H and O–H groups in total. The summed E-state index contributed by atoms with van der Waals surface area (Å²) in [6, 6.07) is 21.0. The summed E-state index contributed by atoms with van der Waals surface area (Å²) in [7, 11) is 0. The van der Waals surface area contributed by atoms with Crippen molar-refractivity contribution in [2.75, 3.05) is 5.32 Å². The number of aryl methyl sites for hydroxylation is 1. The maximum Gasteiger partial charge on any atom is 0.229 e. The van der Waals surface area contributed by atoms with E-state index in [1.54, 1.807) is 6.07 Å². The van der Waals surface area contributed by atoms with Crippen LogP contribution in [0.25, 0.3) is 11.3 Å². The number of hydrogen-bond acceptors (Lipinski definition) is 5. The van der Waals surface area contributed by atoms with Gasteiger partial charge in [0.25, 0.3) is 0 Å². The molecule has 6 nitrogen and oxygen atoms in total. The Morgan fingerprint density at radius 3 is 2.44 bits per heavy atom. The molecule has 3 aromatic carbocycles. The molecule has 0 bridgehead atoms. The third-order valence-corrected chi connectivity index (χ3v) is 6.64. The van der Waals surface area contributed by atoms with Crippen LogP contribution in [0.1, 0.15) is 28.1 Å². The van der Waals surface area contributed by atoms with Crippen LogP contribution in [0.15, 0.2) is 66.7 Å². The lowest BCUT2D eigenvalue weighted by molar-refractivity contribution is -0.115. The van der Waals surface area contributed by atoms with E-state index < -0.39 is 0 Å². The number of carbonyl (C=O) groups excluding carboxylic acids is 1. The van der Waals surface area contributed by atoms with Crippen molar-refractivity contribution in [1.82, 2.24) is 9.97 Å². The predicted octanol–water partition coefficient (Wildman–Crippen LogP) is 5.03. The van der Waals surface area contributed by atoms with E-state index >= 15 is 0 Å². The van der Waals surface area contributed by atoms with E-state index in [2.05, 4.69) is 27.9 Å². The van der Waals surface area contributed by atoms with Crippen LogP contribution in [-0.4, -0.2) is 26.1 Å². The van der Waals surface area contributed by atoms with Gasteiger partial charge in [0.2, 0.25) is 5.91 Å². The Balaban J connectivity index is 1.52. The van der Waals surface area contributed by atoms with Crippen molar-refractivity contribution in [3.05, 3.63) is 98.4 Å². The van der Waals surface area contributed by atoms with Gasteiger partial charge in [-0.1, -0.05) is 42.5 Å². The van der Waals surface area contributed by atoms with Crippen LogP contribution in [-0.2, 0) is 30.5 Å². The number of amides is 1. The first-order valence-corrected chi connectivity index (χ1v) is 12.1. The molecule has 7 heteroatoms. The molecule has 0 atom stereocenters. The monoisotopic (exact) mass is 563 g/mol. The number of nitrogens with one attached hydrogen (secondary N) is 1. The van der Waals surface area contributed by atoms with E-state index in [-0.39, 0.29) is 23.8 Å². The van der Waals surface area contributed by atoms with Crippen LogP contribution in [0.4, 0.5) is 5.82 Å². The first-order valence-electron chi connectivity index (χ1n) is 11.0. The average molecular weight is 563 g/mol. The number of aromatic nitrogens is 2. The van der Waals surface area contributed by atoms with Crippen LogP contribution in [0.2, 0.25) is 0 Å². The smallest absolute Gasteiger partial charge is 0.229 e. The second kappa shape index (κ2) is 9.42. The molecule has 4 aromatic rings. The number of anilines is 1. The number of phenolic OH excluding ortho intramolecular Hbond substituents is 2. The third-order valence-electron chi connectivity index (χ3n) is 5.92. The van der Waals surface area contributed by atoms with E-state index in [0.29, 0.717) is 42.0 Å². The maximum atomic E-state index is 12.9. The van der Waals surface area contributed by atoms with Gasteiger partial charge >= 0.3 is 0 Å². The molecule has 0 aliphatic heterocycles. The topological polar surface area (TPSA) is 95.3 Å². The second-order valence-corrected chi connectivity index (χ2v) is 9.53. The maximum absolute atomic E-state index is 12.9. The van der Waals surface area contributed by atoms with Gasteiger partial charge in [-0.15, -0.1) is 0 Å². The Morgan fingerprint density at radius 1 is 0.912 bits per heavy atom. The molecular formula is C27H22IN3O3. The number of nitrogens with zero attached hydrogens (tertiary/aromatic N) is 2. The Labute approximate surface area is 210 Å². The quantitative estimate of drug-likeness (QED) is 0.234. The lowest BCUT2D eigenvalue weighted by Crippen LogP contribution is -2.20. The van der Waals surface area contributed by atoms with Crippen molar-refractivity contribution in [3.8, 4) is 22.8 Å². The van der Waals surface area contributed by atoms with Crippen molar-refractivity contribution >= 4 is 34.3 Å². The fourth-order valence-corrected chi connectivity index (χ4v) is 4.57. The number of hydrogen-bond donors (Lipinski definition) is 3. The fourth-order valence-electron chi connectivity index (χ4n) is 4.21. The molecule has 0 spiro atoms. The number of phenols is 2. The molecule has 5 rings (SSSR count). The number of carbonyl (C=O) groups is 1. The molecule has 1 amide bonds. The zero-order valence-electron chi connectivity index (χ0n) is 18.3. The lowest BCUT2D eigenvalue weighted by Gasteiger charge is -2.22. The van der Waals surface area contributed by atoms with Crippen molar-refractivity contribution < 1.29 is 15.0 Å². The van der Waals surface area contributed by atoms with Gasteiger partial charge in [-0.3, -0.25) is 4.79 Å². The average Bonchev–Trinajstić information content (AvgIpc) is 2.84. The van der Waals surface area contributed by atoms with E-state index in [1.807, 2.05) is 54.6 Å². The van der Waals surface area contributed by atoms with Crippen molar-refractivity contribution in [1.29, 1.82) is 0 Å². The van der Waals surface area contributed by atoms with Gasteiger partial charge < -0.3 is 15.5 Å². The van der Waals surface area contributed by atoms with Crippen LogP contribution in [0.3, 0.4) is 0 Å². The molecular weight excluding hydrogens is 541 g/mol. The minimum absolute atomic E-state index is 0.107. The predicted molar refractivity (Wildman–Crippen MR) is 139 cm³/mol. The third kappa shape index (κ3) is 4.61. The first kappa shape index (κ1) is 22.3. The molecule has 0 saturated carbocycles. The van der Waals surface area contributed by atoms with Crippen LogP contribution in [0, 0.1) is 3.57 Å². The minimum atomic E-state index is -0.149. The SMILES string of the molecule is O=C(Cc1ccc(I)cc1)Nc1nc2c(nc1Cc1ccccc1)-c1ccc(O)c(O)c1CC2. The highest BCUT2D eigenvalue weighted by Gasteiger charge is 2.25. The summed E-state index contributed by atoms with van der Waals surface area (Å²) in [5.41, 5.74) is 5.50. The summed E-state index contributed by atoms with van der Waals surface area (Å²) < 4.78 is 1.12. The summed E-state index contributed by atoms with van der Waals surface area (Å²) >= 11 is 2.24. The largest absolute Gasteiger partial charge is 0.504 e. The van der Waals surface area contributed by atoms with Crippen molar-refractivity contribution in [2.45, 2.75) is 25.7 Å². The Hall–Kier alpha value is -3.46. The highest BCUT2D eigenvalue weighted by molar-refractivity contribution is 14.1. The van der Waals surface area contributed by atoms with Gasteiger partial charge in [-0.2, -0.15) is 0 Å². The van der Waals surface area contributed by atoms with Crippen molar-refractivity contribution in [2.24, 2.45) is 0 Å². The lowest BCUT2D eigenvalue weighted by atomic mass is 9.90. The number of rotatable bonds is 5. The van der Waals surface area contributed by atoms with Gasteiger partial charge in [0, 0.05) is 21.1 Å². The summed E-state index contributed by atoms with van der Waals surface area (Å²) in [5, 5.41) is 23.3. The summed E-state index contributed by atoms with van der Waals surface area (Å²) in [5.74, 6) is 0.0664. The molecule has 1 aliphatic carbocycles. The highest BCUT2D eigenvalue weighted by atomic mass is 127. The van der Waals surface area contributed by atoms with Gasteiger partial charge in [-0.05, 0) is 70.8 Å². The van der Waals surface area contributed by atoms with Gasteiger partial charge in [-0.25, -0.2) is 9.97 Å². The van der Waals surface area contributed by atoms with E-state index in [9.17, 15) is 15.0 Å². The molecule has 0 radical (unpaired) electrons. The zero-order valence-corrected chi connectivity index (χ0v) is 20.4. The van der Waals surface area contributed by atoms with E-state index in [4.69, 9.17) is 9.97 Å². The standard InChI is InChI=1S/C27H22IN3O3/c28-18-8-6-17(7-9-18)15-24(33)31-27-22(14-16-4-2-1-3-5-16)29-25-19-11-13-23(32)26(34)20(19)10-12-21(25)30-27/h1-9,11,13,32,34H,10,12,14-15H2,(H,30,31,33). The molecule has 1 aliphatic rings. The van der Waals surface area contributed by atoms with E-state index in [0.717, 1.165) is 26.0 Å². The summed E-state index contributed by atoms with van der Waals surface area (Å²) in [4.78, 5) is 22.6. The molecule has 1 heterocycles. The summed E-state index contributed by atoms with van der Waals surface area (Å²) in [6.45, 7) is 0. The molecule has 34 heavy (non-hydrogen) atoms. The van der Waals surface area contributed by atoms with Gasteiger partial charge in [0.05, 0.1) is 23.5 Å².